The standard InChI is InChI=1S/C10H14BrClN2O2S/c1-10(2,3)14-17(15,16)13-7-4-5-9(12)8(11)6-7/h4-6,13-14H,1-3H3. The van der Waals surface area contributed by atoms with Crippen LogP contribution >= 0.6 is 27.5 Å². The third-order valence-electron chi connectivity index (χ3n) is 1.61. The topological polar surface area (TPSA) is 58.2 Å². The number of hydrogen-bond acceptors (Lipinski definition) is 2. The Morgan fingerprint density at radius 2 is 1.88 bits per heavy atom. The van der Waals surface area contributed by atoms with Crippen LogP contribution in [0.15, 0.2) is 22.7 Å². The van der Waals surface area contributed by atoms with E-state index in [2.05, 4.69) is 25.4 Å². The first kappa shape index (κ1) is 14.8. The van der Waals surface area contributed by atoms with Crippen molar-refractivity contribution in [3.8, 4) is 0 Å². The monoisotopic (exact) mass is 340 g/mol. The van der Waals surface area contributed by atoms with Crippen LogP contribution in [0.1, 0.15) is 20.8 Å². The third-order valence-corrected chi connectivity index (χ3v) is 4.21. The van der Waals surface area contributed by atoms with Gasteiger partial charge in [0.05, 0.1) is 10.7 Å². The van der Waals surface area contributed by atoms with E-state index >= 15 is 0 Å². The summed E-state index contributed by atoms with van der Waals surface area (Å²) in [5, 5.41) is 0.525. The molecule has 17 heavy (non-hydrogen) atoms. The van der Waals surface area contributed by atoms with Gasteiger partial charge in [-0.1, -0.05) is 11.6 Å². The summed E-state index contributed by atoms with van der Waals surface area (Å²) in [6.07, 6.45) is 0. The maximum absolute atomic E-state index is 11.7. The van der Waals surface area contributed by atoms with Crippen molar-refractivity contribution in [1.29, 1.82) is 0 Å². The van der Waals surface area contributed by atoms with Crippen LogP contribution < -0.4 is 9.44 Å². The molecule has 0 saturated heterocycles. The van der Waals surface area contributed by atoms with Crippen molar-refractivity contribution < 1.29 is 8.42 Å². The lowest BCUT2D eigenvalue weighted by atomic mass is 10.1. The van der Waals surface area contributed by atoms with Gasteiger partial charge in [-0.2, -0.15) is 13.1 Å². The minimum atomic E-state index is -3.59. The number of anilines is 1. The maximum Gasteiger partial charge on any atom is 0.299 e. The third kappa shape index (κ3) is 5.25. The van der Waals surface area contributed by atoms with Crippen molar-refractivity contribution in [3.05, 3.63) is 27.7 Å². The number of benzene rings is 1. The Hall–Kier alpha value is -0.300. The molecule has 1 rings (SSSR count). The molecule has 0 fully saturated rings. The van der Waals surface area contributed by atoms with Crippen LogP contribution in [-0.4, -0.2) is 14.0 Å². The minimum absolute atomic E-state index is 0.443. The summed E-state index contributed by atoms with van der Waals surface area (Å²) < 4.78 is 29.0. The minimum Gasteiger partial charge on any atom is -0.271 e. The summed E-state index contributed by atoms with van der Waals surface area (Å²) >= 11 is 9.05. The molecule has 0 radical (unpaired) electrons. The molecule has 0 amide bonds. The summed E-state index contributed by atoms with van der Waals surface area (Å²) in [6, 6.07) is 4.81. The van der Waals surface area contributed by atoms with Gasteiger partial charge >= 0.3 is 0 Å². The molecule has 96 valence electrons. The van der Waals surface area contributed by atoms with Crippen molar-refractivity contribution in [2.75, 3.05) is 4.72 Å². The van der Waals surface area contributed by atoms with E-state index in [4.69, 9.17) is 11.6 Å². The Morgan fingerprint density at radius 3 is 2.35 bits per heavy atom. The van der Waals surface area contributed by atoms with Crippen LogP contribution in [-0.2, 0) is 10.2 Å². The average Bonchev–Trinajstić information content (AvgIpc) is 2.06. The first-order valence-corrected chi connectivity index (χ1v) is 7.51. The highest BCUT2D eigenvalue weighted by Crippen LogP contribution is 2.25. The van der Waals surface area contributed by atoms with E-state index in [1.807, 2.05) is 0 Å². The van der Waals surface area contributed by atoms with E-state index < -0.39 is 15.7 Å². The molecule has 1 aromatic carbocycles. The molecule has 0 spiro atoms. The fraction of sp³-hybridized carbons (Fsp3) is 0.400. The Balaban J connectivity index is 2.87. The van der Waals surface area contributed by atoms with Crippen LogP contribution in [0.25, 0.3) is 0 Å². The van der Waals surface area contributed by atoms with Gasteiger partial charge in [0.2, 0.25) is 0 Å². The molecule has 0 bridgehead atoms. The highest BCUT2D eigenvalue weighted by atomic mass is 79.9. The fourth-order valence-electron chi connectivity index (χ4n) is 1.14. The Labute approximate surface area is 115 Å². The Morgan fingerprint density at radius 1 is 1.29 bits per heavy atom. The van der Waals surface area contributed by atoms with Crippen LogP contribution in [0.5, 0.6) is 0 Å². The number of hydrogen-bond donors (Lipinski definition) is 2. The summed E-state index contributed by atoms with van der Waals surface area (Å²) in [4.78, 5) is 0. The average molecular weight is 342 g/mol. The van der Waals surface area contributed by atoms with Gasteiger partial charge in [0.1, 0.15) is 0 Å². The second-order valence-electron chi connectivity index (χ2n) is 4.59. The summed E-state index contributed by atoms with van der Waals surface area (Å²) in [7, 11) is -3.59. The van der Waals surface area contributed by atoms with Gasteiger partial charge in [-0.05, 0) is 54.9 Å². The first-order valence-electron chi connectivity index (χ1n) is 4.86. The maximum atomic E-state index is 11.7. The van der Waals surface area contributed by atoms with E-state index in [0.29, 0.717) is 15.2 Å². The fourth-order valence-corrected chi connectivity index (χ4v) is 2.93. The van der Waals surface area contributed by atoms with E-state index in [-0.39, 0.29) is 0 Å². The molecule has 0 aliphatic carbocycles. The summed E-state index contributed by atoms with van der Waals surface area (Å²) in [6.45, 7) is 5.30. The highest BCUT2D eigenvalue weighted by Gasteiger charge is 2.19. The number of rotatable bonds is 3. The Bertz CT molecular complexity index is 512. The molecule has 4 nitrogen and oxygen atoms in total. The highest BCUT2D eigenvalue weighted by molar-refractivity contribution is 9.10. The van der Waals surface area contributed by atoms with Gasteiger partial charge in [0.25, 0.3) is 10.2 Å². The molecule has 2 N–H and O–H groups in total. The van der Waals surface area contributed by atoms with Gasteiger partial charge in [0.15, 0.2) is 0 Å². The summed E-state index contributed by atoms with van der Waals surface area (Å²) in [5.41, 5.74) is -0.0896. The SMILES string of the molecule is CC(C)(C)NS(=O)(=O)Nc1ccc(Cl)c(Br)c1. The lowest BCUT2D eigenvalue weighted by Gasteiger charge is -2.21. The number of halogens is 2. The molecule has 1 aromatic rings. The van der Waals surface area contributed by atoms with E-state index in [0.717, 1.165) is 0 Å². The predicted molar refractivity (Wildman–Crippen MR) is 74.6 cm³/mol. The van der Waals surface area contributed by atoms with Gasteiger partial charge in [-0.15, -0.1) is 0 Å². The van der Waals surface area contributed by atoms with Crippen LogP contribution in [0.2, 0.25) is 5.02 Å². The van der Waals surface area contributed by atoms with Crippen molar-refractivity contribution in [2.45, 2.75) is 26.3 Å². The van der Waals surface area contributed by atoms with E-state index in [9.17, 15) is 8.42 Å². The molecular formula is C10H14BrClN2O2S. The van der Waals surface area contributed by atoms with Gasteiger partial charge in [0, 0.05) is 10.0 Å². The zero-order valence-electron chi connectivity index (χ0n) is 9.71. The molecule has 0 aliphatic heterocycles. The lowest BCUT2D eigenvalue weighted by molar-refractivity contribution is 0.494. The smallest absolute Gasteiger partial charge is 0.271 e. The normalized spacial score (nSPS) is 12.5. The van der Waals surface area contributed by atoms with Crippen LogP contribution in [0, 0.1) is 0 Å². The molecule has 0 heterocycles. The lowest BCUT2D eigenvalue weighted by Crippen LogP contribution is -2.43. The van der Waals surface area contributed by atoms with Crippen molar-refractivity contribution in [1.82, 2.24) is 4.72 Å². The predicted octanol–water partition coefficient (Wildman–Crippen LogP) is 3.15. The van der Waals surface area contributed by atoms with E-state index in [1.165, 1.54) is 0 Å². The van der Waals surface area contributed by atoms with Crippen LogP contribution in [0.3, 0.4) is 0 Å². The second-order valence-corrected chi connectivity index (χ2v) is 7.26. The number of nitrogens with one attached hydrogen (secondary N) is 2. The van der Waals surface area contributed by atoms with Crippen molar-refractivity contribution in [3.63, 3.8) is 0 Å². The first-order chi connectivity index (χ1) is 7.59. The molecular weight excluding hydrogens is 328 g/mol. The summed E-state index contributed by atoms with van der Waals surface area (Å²) in [5.74, 6) is 0. The van der Waals surface area contributed by atoms with Crippen molar-refractivity contribution >= 4 is 43.4 Å². The Kier molecular flexibility index (Phi) is 4.46. The molecule has 0 saturated carbocycles. The van der Waals surface area contributed by atoms with E-state index in [1.54, 1.807) is 39.0 Å². The largest absolute Gasteiger partial charge is 0.299 e. The van der Waals surface area contributed by atoms with Crippen molar-refractivity contribution in [2.24, 2.45) is 0 Å². The van der Waals surface area contributed by atoms with Crippen LogP contribution in [0.4, 0.5) is 5.69 Å². The molecule has 7 heteroatoms. The van der Waals surface area contributed by atoms with Gasteiger partial charge in [-0.25, -0.2) is 0 Å². The van der Waals surface area contributed by atoms with Gasteiger partial charge < -0.3 is 0 Å². The molecule has 0 atom stereocenters. The molecule has 0 aromatic heterocycles. The zero-order valence-corrected chi connectivity index (χ0v) is 12.9. The molecule has 0 aliphatic rings. The van der Waals surface area contributed by atoms with Gasteiger partial charge in [-0.3, -0.25) is 4.72 Å². The second kappa shape index (κ2) is 5.14. The quantitative estimate of drug-likeness (QED) is 0.887. The zero-order chi connectivity index (χ0) is 13.3. The molecule has 0 unspecified atom stereocenters.